The van der Waals surface area contributed by atoms with E-state index in [0.29, 0.717) is 5.03 Å². The van der Waals surface area contributed by atoms with Crippen molar-refractivity contribution in [2.75, 3.05) is 0 Å². The highest BCUT2D eigenvalue weighted by molar-refractivity contribution is 6.31. The highest BCUT2D eigenvalue weighted by Gasteiger charge is 1.74. The van der Waals surface area contributed by atoms with Gasteiger partial charge in [-0.05, 0) is 19.7 Å². The van der Waals surface area contributed by atoms with Crippen molar-refractivity contribution < 1.29 is 0 Å². The van der Waals surface area contributed by atoms with Crippen molar-refractivity contribution in [3.05, 3.63) is 23.4 Å². The van der Waals surface area contributed by atoms with E-state index in [-0.39, 0.29) is 0 Å². The zero-order valence-electron chi connectivity index (χ0n) is 4.76. The first-order valence-corrected chi connectivity index (χ1v) is 2.63. The van der Waals surface area contributed by atoms with Crippen molar-refractivity contribution in [1.29, 1.82) is 0 Å². The lowest BCUT2D eigenvalue weighted by Crippen LogP contribution is -1.56. The molecule has 0 bridgehead atoms. The summed E-state index contributed by atoms with van der Waals surface area (Å²) in [4.78, 5) is 3.47. The second-order valence-corrected chi connectivity index (χ2v) is 1.61. The monoisotopic (exact) mass is 129 g/mol. The van der Waals surface area contributed by atoms with E-state index in [1.54, 1.807) is 18.4 Å². The average Bonchev–Trinajstić information content (AvgIpc) is 1.83. The van der Waals surface area contributed by atoms with Crippen LogP contribution in [0.25, 0.3) is 0 Å². The summed E-state index contributed by atoms with van der Waals surface area (Å²) in [6.45, 7) is 5.10. The highest BCUT2D eigenvalue weighted by Crippen LogP contribution is 2.00. The second kappa shape index (κ2) is 4.60. The van der Waals surface area contributed by atoms with Crippen LogP contribution in [0.2, 0.25) is 0 Å². The smallest absolute Gasteiger partial charge is 0.0378 e. The van der Waals surface area contributed by atoms with Crippen molar-refractivity contribution in [1.82, 2.24) is 0 Å². The van der Waals surface area contributed by atoms with Crippen LogP contribution >= 0.6 is 11.6 Å². The number of aliphatic imine (C=N–C) groups is 1. The fourth-order valence-electron chi connectivity index (χ4n) is 0.220. The molecule has 0 aromatic carbocycles. The van der Waals surface area contributed by atoms with Crippen LogP contribution < -0.4 is 0 Å². The second-order valence-electron chi connectivity index (χ2n) is 1.17. The molecule has 0 N–H and O–H groups in total. The maximum Gasteiger partial charge on any atom is 0.0378 e. The lowest BCUT2D eigenvalue weighted by molar-refractivity contribution is 1.59. The van der Waals surface area contributed by atoms with E-state index in [9.17, 15) is 0 Å². The van der Waals surface area contributed by atoms with Gasteiger partial charge in [-0.3, -0.25) is 4.99 Å². The van der Waals surface area contributed by atoms with Crippen LogP contribution in [0.4, 0.5) is 0 Å². The molecule has 0 atom stereocenters. The third-order valence-electron chi connectivity index (χ3n) is 0.615. The molecule has 0 aromatic rings. The van der Waals surface area contributed by atoms with Gasteiger partial charge in [0.2, 0.25) is 0 Å². The third kappa shape index (κ3) is 3.62. The van der Waals surface area contributed by atoms with Gasteiger partial charge in [0, 0.05) is 11.2 Å². The molecule has 0 unspecified atom stereocenters. The highest BCUT2D eigenvalue weighted by atomic mass is 35.5. The molecule has 2 heteroatoms. The summed E-state index contributed by atoms with van der Waals surface area (Å²) >= 11 is 5.53. The molecule has 0 aromatic heterocycles. The van der Waals surface area contributed by atoms with Crippen LogP contribution in [0, 0.1) is 0 Å². The fraction of sp³-hybridized carbons (Fsp3) is 0.167. The molecule has 0 rings (SSSR count). The third-order valence-corrected chi connectivity index (χ3v) is 0.959. The van der Waals surface area contributed by atoms with Gasteiger partial charge in [-0.2, -0.15) is 0 Å². The molecular weight excluding hydrogens is 122 g/mol. The Kier molecular flexibility index (Phi) is 4.27. The summed E-state index contributed by atoms with van der Waals surface area (Å²) in [7, 11) is 0. The van der Waals surface area contributed by atoms with Crippen LogP contribution in [-0.2, 0) is 0 Å². The first-order chi connectivity index (χ1) is 3.81. The Morgan fingerprint density at radius 2 is 2.38 bits per heavy atom. The van der Waals surface area contributed by atoms with E-state index < -0.39 is 0 Å². The first-order valence-electron chi connectivity index (χ1n) is 2.25. The summed E-state index contributed by atoms with van der Waals surface area (Å²) in [5.41, 5.74) is 0. The Labute approximate surface area is 54.4 Å². The van der Waals surface area contributed by atoms with E-state index in [4.69, 9.17) is 11.6 Å². The van der Waals surface area contributed by atoms with E-state index in [1.165, 1.54) is 0 Å². The largest absolute Gasteiger partial charge is 0.272 e. The molecule has 0 aliphatic carbocycles. The molecule has 8 heavy (non-hydrogen) atoms. The minimum absolute atomic E-state index is 0.678. The summed E-state index contributed by atoms with van der Waals surface area (Å²) in [5, 5.41) is 0.678. The Morgan fingerprint density at radius 3 is 2.75 bits per heavy atom. The Balaban J connectivity index is 3.69. The van der Waals surface area contributed by atoms with Crippen LogP contribution in [0.1, 0.15) is 6.92 Å². The summed E-state index contributed by atoms with van der Waals surface area (Å²) in [6, 6.07) is 0. The molecule has 0 aliphatic rings. The number of allylic oxidation sites excluding steroid dienone is 3. The Hall–Kier alpha value is -0.560. The lowest BCUT2D eigenvalue weighted by Gasteiger charge is -1.78. The van der Waals surface area contributed by atoms with Gasteiger partial charge in [0.1, 0.15) is 0 Å². The van der Waals surface area contributed by atoms with Crippen molar-refractivity contribution in [3.63, 3.8) is 0 Å². The maximum atomic E-state index is 5.53. The Bertz CT molecular complexity index is 124. The minimum Gasteiger partial charge on any atom is -0.272 e. The molecule has 44 valence electrons. The van der Waals surface area contributed by atoms with E-state index in [0.717, 1.165) is 0 Å². The molecule has 0 aliphatic heterocycles. The molecule has 0 radical (unpaired) electrons. The van der Waals surface area contributed by atoms with Crippen molar-refractivity contribution in [3.8, 4) is 0 Å². The number of nitrogens with zero attached hydrogens (tertiary/aromatic N) is 1. The Morgan fingerprint density at radius 1 is 1.75 bits per heavy atom. The predicted molar refractivity (Wildman–Crippen MR) is 38.3 cm³/mol. The van der Waals surface area contributed by atoms with Gasteiger partial charge >= 0.3 is 0 Å². The van der Waals surface area contributed by atoms with Gasteiger partial charge in [0.15, 0.2) is 0 Å². The molecule has 0 spiro atoms. The summed E-state index contributed by atoms with van der Waals surface area (Å²) in [5.74, 6) is 0. The quantitative estimate of drug-likeness (QED) is 0.401. The molecule has 1 nitrogen and oxygen atoms in total. The van der Waals surface area contributed by atoms with E-state index in [2.05, 4.69) is 11.7 Å². The fourth-order valence-corrected chi connectivity index (χ4v) is 0.276. The normalized spacial score (nSPS) is 12.5. The number of hydrogen-bond donors (Lipinski definition) is 0. The first kappa shape index (κ1) is 7.44. The van der Waals surface area contributed by atoms with Crippen LogP contribution in [-0.4, -0.2) is 6.72 Å². The number of hydrogen-bond acceptors (Lipinski definition) is 1. The van der Waals surface area contributed by atoms with Gasteiger partial charge in [-0.25, -0.2) is 0 Å². The van der Waals surface area contributed by atoms with Gasteiger partial charge in [-0.1, -0.05) is 17.7 Å². The molecule has 0 fully saturated rings. The summed E-state index contributed by atoms with van der Waals surface area (Å²) < 4.78 is 0. The lowest BCUT2D eigenvalue weighted by atomic mass is 10.5. The standard InChI is InChI=1S/C6H8ClN/c1-3-6(7)4-5-8-2/h3-5H,2H2,1H3/b5-4-,6-3+. The van der Waals surface area contributed by atoms with E-state index >= 15 is 0 Å². The van der Waals surface area contributed by atoms with Gasteiger partial charge in [-0.15, -0.1) is 0 Å². The molecule has 0 heterocycles. The predicted octanol–water partition coefficient (Wildman–Crippen LogP) is 2.34. The topological polar surface area (TPSA) is 12.4 Å². The molecule has 0 saturated heterocycles. The zero-order valence-corrected chi connectivity index (χ0v) is 5.52. The summed E-state index contributed by atoms with van der Waals surface area (Å²) in [6.07, 6.45) is 5.00. The van der Waals surface area contributed by atoms with Crippen LogP contribution in [0.5, 0.6) is 0 Å². The minimum atomic E-state index is 0.678. The average molecular weight is 130 g/mol. The van der Waals surface area contributed by atoms with Crippen molar-refractivity contribution in [2.45, 2.75) is 6.92 Å². The van der Waals surface area contributed by atoms with Crippen LogP contribution in [0.15, 0.2) is 28.4 Å². The molecule has 0 amide bonds. The van der Waals surface area contributed by atoms with Gasteiger partial charge in [0.25, 0.3) is 0 Å². The van der Waals surface area contributed by atoms with Crippen LogP contribution in [0.3, 0.4) is 0 Å². The van der Waals surface area contributed by atoms with Gasteiger partial charge < -0.3 is 0 Å². The SMILES string of the molecule is C=N/C=C\C(Cl)=C/C. The molecular formula is C6H8ClN. The number of halogens is 1. The maximum absolute atomic E-state index is 5.53. The van der Waals surface area contributed by atoms with E-state index in [1.807, 2.05) is 6.92 Å². The zero-order chi connectivity index (χ0) is 6.41. The van der Waals surface area contributed by atoms with Gasteiger partial charge in [0.05, 0.1) is 0 Å². The number of rotatable bonds is 2. The van der Waals surface area contributed by atoms with Crippen molar-refractivity contribution in [2.24, 2.45) is 4.99 Å². The molecule has 0 saturated carbocycles. The van der Waals surface area contributed by atoms with Crippen molar-refractivity contribution >= 4 is 18.3 Å².